The molecule has 0 aromatic carbocycles. The van der Waals surface area contributed by atoms with E-state index in [1.54, 1.807) is 21.0 Å². The molecule has 2 atom stereocenters. The first kappa shape index (κ1) is 17.4. The lowest BCUT2D eigenvalue weighted by molar-refractivity contribution is -0.124. The molecule has 6 nitrogen and oxygen atoms in total. The number of aromatic nitrogens is 1. The van der Waals surface area contributed by atoms with Gasteiger partial charge in [0.25, 0.3) is 0 Å². The molecule has 0 bridgehead atoms. The second-order valence-corrected chi connectivity index (χ2v) is 6.07. The second kappa shape index (κ2) is 7.97. The number of carbonyl (C=O) groups excluding carboxylic acids is 2. The molecule has 0 fully saturated rings. The Hall–Kier alpha value is -1.63. The summed E-state index contributed by atoms with van der Waals surface area (Å²) in [4.78, 5) is 29.4. The van der Waals surface area contributed by atoms with Gasteiger partial charge in [-0.05, 0) is 12.3 Å². The minimum absolute atomic E-state index is 0.0806. The zero-order valence-electron chi connectivity index (χ0n) is 13.3. The SMILES string of the molecule is CC[C@H](C)c1csc(NC(=O)N(C)C[C@@H](C)C(=O)NC)n1. The van der Waals surface area contributed by atoms with Crippen molar-refractivity contribution >= 4 is 28.4 Å². The molecule has 0 radical (unpaired) electrons. The smallest absolute Gasteiger partial charge is 0.323 e. The molecule has 3 amide bonds. The molecule has 0 spiro atoms. The summed E-state index contributed by atoms with van der Waals surface area (Å²) in [6.45, 7) is 6.36. The number of nitrogens with zero attached hydrogens (tertiary/aromatic N) is 2. The van der Waals surface area contributed by atoms with Crippen LogP contribution in [-0.2, 0) is 4.79 Å². The fraction of sp³-hybridized carbons (Fsp3) is 0.643. The highest BCUT2D eigenvalue weighted by Crippen LogP contribution is 2.24. The van der Waals surface area contributed by atoms with E-state index in [1.807, 2.05) is 5.38 Å². The summed E-state index contributed by atoms with van der Waals surface area (Å²) >= 11 is 1.42. The normalized spacial score (nSPS) is 13.4. The van der Waals surface area contributed by atoms with Gasteiger partial charge in [-0.3, -0.25) is 10.1 Å². The molecule has 0 unspecified atom stereocenters. The van der Waals surface area contributed by atoms with Gasteiger partial charge < -0.3 is 10.2 Å². The minimum atomic E-state index is -0.254. The van der Waals surface area contributed by atoms with Gasteiger partial charge >= 0.3 is 6.03 Å². The third-order valence-corrected chi connectivity index (χ3v) is 4.22. The molecule has 0 aliphatic heterocycles. The van der Waals surface area contributed by atoms with Crippen LogP contribution in [0.1, 0.15) is 38.8 Å². The van der Waals surface area contributed by atoms with E-state index in [9.17, 15) is 9.59 Å². The van der Waals surface area contributed by atoms with Gasteiger partial charge in [0.15, 0.2) is 5.13 Å². The van der Waals surface area contributed by atoms with Gasteiger partial charge in [-0.2, -0.15) is 0 Å². The standard InChI is InChI=1S/C14H24N4O2S/c1-6-9(2)11-8-21-13(16-11)17-14(20)18(5)7-10(3)12(19)15-4/h8-10H,6-7H2,1-5H3,(H,15,19)(H,16,17,20)/t9-,10+/m0/s1. The largest absolute Gasteiger partial charge is 0.359 e. The first-order chi connectivity index (χ1) is 9.88. The van der Waals surface area contributed by atoms with E-state index in [0.29, 0.717) is 17.6 Å². The lowest BCUT2D eigenvalue weighted by atomic mass is 10.1. The highest BCUT2D eigenvalue weighted by atomic mass is 32.1. The Bertz CT molecular complexity index is 489. The highest BCUT2D eigenvalue weighted by molar-refractivity contribution is 7.13. The Kier molecular flexibility index (Phi) is 6.61. The molecule has 1 aromatic rings. The van der Waals surface area contributed by atoms with Crippen LogP contribution in [0.25, 0.3) is 0 Å². The number of amides is 3. The number of hydrogen-bond acceptors (Lipinski definition) is 4. The van der Waals surface area contributed by atoms with Crippen molar-refractivity contribution in [3.8, 4) is 0 Å². The van der Waals surface area contributed by atoms with Gasteiger partial charge in [-0.1, -0.05) is 20.8 Å². The Labute approximate surface area is 129 Å². The Balaban J connectivity index is 2.56. The number of rotatable bonds is 6. The van der Waals surface area contributed by atoms with Crippen LogP contribution in [0.5, 0.6) is 0 Å². The molecule has 2 N–H and O–H groups in total. The summed E-state index contributed by atoms with van der Waals surface area (Å²) in [5.74, 6) is 0.0542. The number of hydrogen-bond donors (Lipinski definition) is 2. The molecule has 7 heteroatoms. The maximum absolute atomic E-state index is 12.1. The summed E-state index contributed by atoms with van der Waals surface area (Å²) in [5.41, 5.74) is 0.999. The van der Waals surface area contributed by atoms with Crippen LogP contribution in [0.2, 0.25) is 0 Å². The fourth-order valence-electron chi connectivity index (χ4n) is 1.79. The average molecular weight is 312 g/mol. The third-order valence-electron chi connectivity index (χ3n) is 3.44. The first-order valence-corrected chi connectivity index (χ1v) is 7.96. The van der Waals surface area contributed by atoms with Gasteiger partial charge in [0.2, 0.25) is 5.91 Å². The van der Waals surface area contributed by atoms with E-state index in [-0.39, 0.29) is 17.9 Å². The Morgan fingerprint density at radius 3 is 2.67 bits per heavy atom. The Morgan fingerprint density at radius 2 is 2.10 bits per heavy atom. The van der Waals surface area contributed by atoms with Crippen molar-refractivity contribution in [2.45, 2.75) is 33.1 Å². The fourth-order valence-corrected chi connectivity index (χ4v) is 2.61. The van der Waals surface area contributed by atoms with E-state index in [2.05, 4.69) is 29.5 Å². The quantitative estimate of drug-likeness (QED) is 0.847. The van der Waals surface area contributed by atoms with E-state index in [1.165, 1.54) is 16.2 Å². The molecule has 1 aromatic heterocycles. The predicted octanol–water partition coefficient (Wildman–Crippen LogP) is 2.50. The van der Waals surface area contributed by atoms with E-state index in [0.717, 1.165) is 12.1 Å². The zero-order chi connectivity index (χ0) is 16.0. The number of nitrogens with one attached hydrogen (secondary N) is 2. The van der Waals surface area contributed by atoms with Crippen molar-refractivity contribution in [3.05, 3.63) is 11.1 Å². The molecular weight excluding hydrogens is 288 g/mol. The first-order valence-electron chi connectivity index (χ1n) is 7.08. The summed E-state index contributed by atoms with van der Waals surface area (Å²) in [7, 11) is 3.25. The van der Waals surface area contributed by atoms with Gasteiger partial charge in [0.05, 0.1) is 11.6 Å². The predicted molar refractivity (Wildman–Crippen MR) is 85.7 cm³/mol. The molecule has 1 rings (SSSR count). The van der Waals surface area contributed by atoms with E-state index in [4.69, 9.17) is 0 Å². The lowest BCUT2D eigenvalue weighted by Crippen LogP contribution is -2.39. The number of carbonyl (C=O) groups is 2. The van der Waals surface area contributed by atoms with Crippen LogP contribution in [0.3, 0.4) is 0 Å². The molecule has 1 heterocycles. The third kappa shape index (κ3) is 5.00. The van der Waals surface area contributed by atoms with Crippen LogP contribution >= 0.6 is 11.3 Å². The van der Waals surface area contributed by atoms with Crippen molar-refractivity contribution in [3.63, 3.8) is 0 Å². The van der Waals surface area contributed by atoms with Gasteiger partial charge in [-0.15, -0.1) is 11.3 Å². The van der Waals surface area contributed by atoms with Crippen LogP contribution in [0, 0.1) is 5.92 Å². The van der Waals surface area contributed by atoms with Crippen molar-refractivity contribution in [1.29, 1.82) is 0 Å². The summed E-state index contributed by atoms with van der Waals surface area (Å²) in [6, 6.07) is -0.254. The zero-order valence-corrected chi connectivity index (χ0v) is 14.1. The summed E-state index contributed by atoms with van der Waals surface area (Å²) in [5, 5.41) is 7.90. The average Bonchev–Trinajstić information content (AvgIpc) is 2.93. The summed E-state index contributed by atoms with van der Waals surface area (Å²) < 4.78 is 0. The lowest BCUT2D eigenvalue weighted by Gasteiger charge is -2.20. The van der Waals surface area contributed by atoms with Gasteiger partial charge in [0.1, 0.15) is 0 Å². The number of thiazole rings is 1. The molecule has 0 saturated carbocycles. The Morgan fingerprint density at radius 1 is 1.43 bits per heavy atom. The van der Waals surface area contributed by atoms with Crippen molar-refractivity contribution in [2.75, 3.05) is 26.0 Å². The number of anilines is 1. The van der Waals surface area contributed by atoms with E-state index < -0.39 is 0 Å². The maximum Gasteiger partial charge on any atom is 0.323 e. The van der Waals surface area contributed by atoms with Crippen molar-refractivity contribution in [2.24, 2.45) is 5.92 Å². The van der Waals surface area contributed by atoms with E-state index >= 15 is 0 Å². The van der Waals surface area contributed by atoms with Crippen LogP contribution in [0.15, 0.2) is 5.38 Å². The van der Waals surface area contributed by atoms with Crippen LogP contribution in [0.4, 0.5) is 9.93 Å². The highest BCUT2D eigenvalue weighted by Gasteiger charge is 2.18. The van der Waals surface area contributed by atoms with Crippen LogP contribution in [-0.4, -0.2) is 42.5 Å². The molecule has 0 aliphatic carbocycles. The van der Waals surface area contributed by atoms with Crippen molar-refractivity contribution in [1.82, 2.24) is 15.2 Å². The summed E-state index contributed by atoms with van der Waals surface area (Å²) in [6.07, 6.45) is 1.01. The topological polar surface area (TPSA) is 74.3 Å². The number of urea groups is 1. The monoisotopic (exact) mass is 312 g/mol. The molecule has 0 aliphatic rings. The second-order valence-electron chi connectivity index (χ2n) is 5.21. The molecule has 0 saturated heterocycles. The van der Waals surface area contributed by atoms with Gasteiger partial charge in [0, 0.05) is 26.0 Å². The molecule has 118 valence electrons. The van der Waals surface area contributed by atoms with Crippen molar-refractivity contribution < 1.29 is 9.59 Å². The minimum Gasteiger partial charge on any atom is -0.359 e. The van der Waals surface area contributed by atoms with Gasteiger partial charge in [-0.25, -0.2) is 9.78 Å². The maximum atomic E-state index is 12.1. The molecular formula is C14H24N4O2S. The van der Waals surface area contributed by atoms with Crippen LogP contribution < -0.4 is 10.6 Å². The molecule has 21 heavy (non-hydrogen) atoms.